The first-order valence-corrected chi connectivity index (χ1v) is 13.8. The van der Waals surface area contributed by atoms with Crippen LogP contribution in [0.15, 0.2) is 76.1 Å². The summed E-state index contributed by atoms with van der Waals surface area (Å²) in [4.78, 5) is 13.2. The Morgan fingerprint density at radius 3 is 2.53 bits per heavy atom. The molecule has 1 aliphatic rings. The molecule has 0 aromatic heterocycles. The Kier molecular flexibility index (Phi) is 8.00. The minimum atomic E-state index is -3.98. The Bertz CT molecular complexity index is 1300. The molecule has 1 aliphatic carbocycles. The molecule has 0 unspecified atom stereocenters. The van der Waals surface area contributed by atoms with Crippen LogP contribution in [0.3, 0.4) is 0 Å². The molecule has 1 atom stereocenters. The summed E-state index contributed by atoms with van der Waals surface area (Å²) in [5, 5.41) is 3.83. The Morgan fingerprint density at radius 1 is 1.06 bits per heavy atom. The van der Waals surface area contributed by atoms with Crippen LogP contribution in [0.2, 0.25) is 10.0 Å². The van der Waals surface area contributed by atoms with Gasteiger partial charge in [0.05, 0.1) is 17.5 Å². The number of hydrogen-bond acceptors (Lipinski definition) is 3. The van der Waals surface area contributed by atoms with Crippen molar-refractivity contribution in [3.05, 3.63) is 97.9 Å². The van der Waals surface area contributed by atoms with Crippen LogP contribution in [-0.4, -0.2) is 25.2 Å². The molecule has 5 nitrogen and oxygen atoms in total. The number of halogens is 3. The monoisotopic (exact) mass is 580 g/mol. The maximum absolute atomic E-state index is 13.5. The highest BCUT2D eigenvalue weighted by Gasteiger charge is 2.29. The number of rotatable bonds is 7. The van der Waals surface area contributed by atoms with E-state index in [0.717, 1.165) is 33.6 Å². The van der Waals surface area contributed by atoms with Crippen molar-refractivity contribution in [2.24, 2.45) is 0 Å². The summed E-state index contributed by atoms with van der Waals surface area (Å²) < 4.78 is 28.9. The molecule has 3 aromatic carbocycles. The van der Waals surface area contributed by atoms with Crippen LogP contribution in [0.5, 0.6) is 0 Å². The van der Waals surface area contributed by atoms with Gasteiger partial charge >= 0.3 is 0 Å². The number of carbonyl (C=O) groups is 1. The summed E-state index contributed by atoms with van der Waals surface area (Å²) in [6.07, 6.45) is 2.75. The Hall–Kier alpha value is -1.90. The Labute approximate surface area is 218 Å². The number of nitrogens with one attached hydrogen (secondary N) is 1. The third-order valence-corrected chi connectivity index (χ3v) is 8.76. The molecule has 0 radical (unpaired) electrons. The van der Waals surface area contributed by atoms with Crippen LogP contribution in [0.1, 0.15) is 35.6 Å². The minimum Gasteiger partial charge on any atom is -0.348 e. The SMILES string of the molecule is O=C(CN(Cc1ccc(Cl)cc1Cl)S(=O)(=O)c1ccc(Br)cc1)N[C@@H]1CCCc2ccccc21. The van der Waals surface area contributed by atoms with E-state index in [0.29, 0.717) is 15.6 Å². The van der Waals surface area contributed by atoms with Gasteiger partial charge < -0.3 is 5.32 Å². The van der Waals surface area contributed by atoms with Crippen LogP contribution in [0, 0.1) is 0 Å². The predicted octanol–water partition coefficient (Wildman–Crippen LogP) is 6.14. The summed E-state index contributed by atoms with van der Waals surface area (Å²) in [6, 6.07) is 19.1. The van der Waals surface area contributed by atoms with Crippen molar-refractivity contribution < 1.29 is 13.2 Å². The lowest BCUT2D eigenvalue weighted by molar-refractivity contribution is -0.122. The first-order valence-electron chi connectivity index (χ1n) is 10.8. The third kappa shape index (κ3) is 5.83. The normalized spacial score (nSPS) is 15.7. The van der Waals surface area contributed by atoms with Gasteiger partial charge in [0.2, 0.25) is 15.9 Å². The van der Waals surface area contributed by atoms with E-state index in [1.54, 1.807) is 30.3 Å². The van der Waals surface area contributed by atoms with Gasteiger partial charge in [-0.2, -0.15) is 4.31 Å². The van der Waals surface area contributed by atoms with Crippen LogP contribution in [-0.2, 0) is 27.8 Å². The number of carbonyl (C=O) groups excluding carboxylic acids is 1. The van der Waals surface area contributed by atoms with E-state index in [9.17, 15) is 13.2 Å². The number of nitrogens with zero attached hydrogens (tertiary/aromatic N) is 1. The summed E-state index contributed by atoms with van der Waals surface area (Å²) in [5.74, 6) is -0.368. The van der Waals surface area contributed by atoms with E-state index in [1.807, 2.05) is 18.2 Å². The van der Waals surface area contributed by atoms with Crippen LogP contribution < -0.4 is 5.32 Å². The average molecular weight is 582 g/mol. The maximum Gasteiger partial charge on any atom is 0.243 e. The molecule has 178 valence electrons. The number of fused-ring (bicyclic) bond motifs is 1. The topological polar surface area (TPSA) is 66.5 Å². The number of sulfonamides is 1. The molecule has 4 rings (SSSR count). The number of amides is 1. The fourth-order valence-corrected chi connectivity index (χ4v) is 6.23. The molecule has 1 amide bonds. The smallest absolute Gasteiger partial charge is 0.243 e. The van der Waals surface area contributed by atoms with Crippen molar-refractivity contribution in [2.45, 2.75) is 36.7 Å². The number of hydrogen-bond donors (Lipinski definition) is 1. The first-order chi connectivity index (χ1) is 16.2. The van der Waals surface area contributed by atoms with Crippen LogP contribution in [0.25, 0.3) is 0 Å². The lowest BCUT2D eigenvalue weighted by Crippen LogP contribution is -2.42. The molecule has 0 heterocycles. The molecule has 0 saturated heterocycles. The molecule has 0 saturated carbocycles. The summed E-state index contributed by atoms with van der Waals surface area (Å²) in [6.45, 7) is -0.404. The van der Waals surface area contributed by atoms with Gasteiger partial charge in [0.15, 0.2) is 0 Å². The van der Waals surface area contributed by atoms with Crippen molar-refractivity contribution in [1.29, 1.82) is 0 Å². The second kappa shape index (κ2) is 10.8. The first kappa shape index (κ1) is 25.2. The van der Waals surface area contributed by atoms with Crippen LogP contribution >= 0.6 is 39.1 Å². The Morgan fingerprint density at radius 2 is 1.79 bits per heavy atom. The van der Waals surface area contributed by atoms with Gasteiger partial charge in [-0.25, -0.2) is 8.42 Å². The van der Waals surface area contributed by atoms with Crippen molar-refractivity contribution in [3.63, 3.8) is 0 Å². The van der Waals surface area contributed by atoms with Gasteiger partial charge in [-0.15, -0.1) is 0 Å². The molecular formula is C25H23BrCl2N2O3S. The van der Waals surface area contributed by atoms with Gasteiger partial charge in [-0.1, -0.05) is 69.5 Å². The molecule has 1 N–H and O–H groups in total. The number of aryl methyl sites for hydroxylation is 1. The largest absolute Gasteiger partial charge is 0.348 e. The van der Waals surface area contributed by atoms with E-state index < -0.39 is 10.0 Å². The molecule has 9 heteroatoms. The maximum atomic E-state index is 13.5. The van der Waals surface area contributed by atoms with E-state index in [1.165, 1.54) is 17.7 Å². The van der Waals surface area contributed by atoms with Crippen molar-refractivity contribution in [3.8, 4) is 0 Å². The molecule has 0 aliphatic heterocycles. The fourth-order valence-electron chi connectivity index (χ4n) is 4.13. The molecule has 34 heavy (non-hydrogen) atoms. The van der Waals surface area contributed by atoms with E-state index >= 15 is 0 Å². The zero-order chi connectivity index (χ0) is 24.3. The molecule has 0 spiro atoms. The average Bonchev–Trinajstić information content (AvgIpc) is 2.81. The van der Waals surface area contributed by atoms with Crippen molar-refractivity contribution in [1.82, 2.24) is 9.62 Å². The predicted molar refractivity (Wildman–Crippen MR) is 138 cm³/mol. The van der Waals surface area contributed by atoms with Crippen LogP contribution in [0.4, 0.5) is 0 Å². The third-order valence-electron chi connectivity index (χ3n) is 5.84. The highest BCUT2D eigenvalue weighted by molar-refractivity contribution is 9.10. The summed E-state index contributed by atoms with van der Waals surface area (Å²) in [7, 11) is -3.98. The zero-order valence-electron chi connectivity index (χ0n) is 18.2. The number of benzene rings is 3. The van der Waals surface area contributed by atoms with E-state index in [2.05, 4.69) is 27.3 Å². The Balaban J connectivity index is 1.60. The van der Waals surface area contributed by atoms with E-state index in [-0.39, 0.29) is 29.9 Å². The summed E-state index contributed by atoms with van der Waals surface area (Å²) in [5.41, 5.74) is 2.86. The zero-order valence-corrected chi connectivity index (χ0v) is 22.1. The molecular weight excluding hydrogens is 559 g/mol. The van der Waals surface area contributed by atoms with Gasteiger partial charge in [0, 0.05) is 21.1 Å². The lowest BCUT2D eigenvalue weighted by atomic mass is 9.88. The summed E-state index contributed by atoms with van der Waals surface area (Å²) >= 11 is 15.7. The van der Waals surface area contributed by atoms with Crippen molar-refractivity contribution >= 4 is 55.1 Å². The van der Waals surface area contributed by atoms with Crippen molar-refractivity contribution in [2.75, 3.05) is 6.54 Å². The minimum absolute atomic E-state index is 0.0664. The van der Waals surface area contributed by atoms with Gasteiger partial charge in [0.25, 0.3) is 0 Å². The van der Waals surface area contributed by atoms with Gasteiger partial charge in [0.1, 0.15) is 0 Å². The second-order valence-corrected chi connectivity index (χ2v) is 11.9. The molecule has 3 aromatic rings. The van der Waals surface area contributed by atoms with E-state index in [4.69, 9.17) is 23.2 Å². The highest BCUT2D eigenvalue weighted by Crippen LogP contribution is 2.30. The molecule has 0 fully saturated rings. The highest BCUT2D eigenvalue weighted by atomic mass is 79.9. The molecule has 0 bridgehead atoms. The van der Waals surface area contributed by atoms with Gasteiger partial charge in [-0.05, 0) is 72.4 Å². The second-order valence-electron chi connectivity index (χ2n) is 8.17. The standard InChI is InChI=1S/C25H23BrCl2N2O3S/c26-19-9-12-21(13-10-19)34(32,33)30(15-18-8-11-20(27)14-23(18)28)16-25(31)29-24-7-3-5-17-4-1-2-6-22(17)24/h1-2,4,6,8-14,24H,3,5,7,15-16H2,(H,29,31)/t24-/m1/s1. The van der Waals surface area contributed by atoms with Gasteiger partial charge in [-0.3, -0.25) is 4.79 Å². The quantitative estimate of drug-likeness (QED) is 0.364. The lowest BCUT2D eigenvalue weighted by Gasteiger charge is -2.28. The fraction of sp³-hybridized carbons (Fsp3) is 0.240.